The number of rotatable bonds is 5. The number of hydrogen-bond acceptors (Lipinski definition) is 4. The predicted molar refractivity (Wildman–Crippen MR) is 129 cm³/mol. The van der Waals surface area contributed by atoms with E-state index < -0.39 is 5.60 Å². The smallest absolute Gasteiger partial charge is 0.271 e. The Balaban J connectivity index is 1.71. The highest BCUT2D eigenvalue weighted by molar-refractivity contribution is 6.08. The normalized spacial score (nSPS) is 14.3. The number of carbonyl (C=O) groups excluding carboxylic acids is 2. The first-order valence-corrected chi connectivity index (χ1v) is 10.8. The molecule has 3 aromatic rings. The van der Waals surface area contributed by atoms with Gasteiger partial charge in [-0.25, -0.2) is 0 Å². The third-order valence-electron chi connectivity index (χ3n) is 5.83. The number of anilines is 2. The van der Waals surface area contributed by atoms with Gasteiger partial charge in [0.25, 0.3) is 11.8 Å². The van der Waals surface area contributed by atoms with Gasteiger partial charge in [-0.3, -0.25) is 9.59 Å². The molecule has 6 nitrogen and oxygen atoms in total. The van der Waals surface area contributed by atoms with Gasteiger partial charge >= 0.3 is 0 Å². The molecule has 0 radical (unpaired) electrons. The summed E-state index contributed by atoms with van der Waals surface area (Å²) in [4.78, 5) is 28.1. The highest BCUT2D eigenvalue weighted by atomic mass is 16.5. The van der Waals surface area contributed by atoms with Crippen molar-refractivity contribution >= 4 is 23.2 Å². The molecule has 33 heavy (non-hydrogen) atoms. The lowest BCUT2D eigenvalue weighted by Crippen LogP contribution is -2.52. The summed E-state index contributed by atoms with van der Waals surface area (Å²) in [5, 5.41) is 2.88. The molecule has 0 fully saturated rings. The molecule has 0 saturated carbocycles. The second kappa shape index (κ2) is 8.62. The quantitative estimate of drug-likeness (QED) is 0.582. The minimum absolute atomic E-state index is 0.154. The fourth-order valence-electron chi connectivity index (χ4n) is 3.95. The van der Waals surface area contributed by atoms with E-state index in [-0.39, 0.29) is 11.8 Å². The molecule has 0 aliphatic carbocycles. The first kappa shape index (κ1) is 22.4. The maximum Gasteiger partial charge on any atom is 0.271 e. The lowest BCUT2D eigenvalue weighted by Gasteiger charge is -2.39. The molecular formula is C27H28N2O4. The molecule has 1 N–H and O–H groups in total. The van der Waals surface area contributed by atoms with Crippen molar-refractivity contribution in [1.29, 1.82) is 0 Å². The van der Waals surface area contributed by atoms with Crippen LogP contribution in [0.2, 0.25) is 0 Å². The van der Waals surface area contributed by atoms with Gasteiger partial charge in [-0.2, -0.15) is 0 Å². The molecule has 6 heteroatoms. The van der Waals surface area contributed by atoms with Crippen LogP contribution in [0.15, 0.2) is 60.7 Å². The molecule has 1 heterocycles. The largest absolute Gasteiger partial charge is 0.495 e. The van der Waals surface area contributed by atoms with Crippen LogP contribution in [-0.2, 0) is 11.3 Å². The van der Waals surface area contributed by atoms with Crippen LogP contribution in [0.4, 0.5) is 11.4 Å². The summed E-state index contributed by atoms with van der Waals surface area (Å²) >= 11 is 0. The molecule has 1 aliphatic heterocycles. The molecule has 3 aromatic carbocycles. The van der Waals surface area contributed by atoms with Crippen molar-refractivity contribution in [3.63, 3.8) is 0 Å². The van der Waals surface area contributed by atoms with Crippen LogP contribution >= 0.6 is 0 Å². The third-order valence-corrected chi connectivity index (χ3v) is 5.83. The van der Waals surface area contributed by atoms with Gasteiger partial charge in [-0.15, -0.1) is 0 Å². The van der Waals surface area contributed by atoms with Crippen molar-refractivity contribution in [1.82, 2.24) is 0 Å². The number of nitrogens with zero attached hydrogens (tertiary/aromatic N) is 1. The van der Waals surface area contributed by atoms with Crippen LogP contribution in [0.1, 0.15) is 40.9 Å². The summed E-state index contributed by atoms with van der Waals surface area (Å²) in [6, 6.07) is 18.6. The lowest BCUT2D eigenvalue weighted by molar-refractivity contribution is -0.132. The number of fused-ring (bicyclic) bond motifs is 1. The molecule has 0 bridgehead atoms. The van der Waals surface area contributed by atoms with Gasteiger partial charge in [0.05, 0.1) is 25.0 Å². The van der Waals surface area contributed by atoms with Gasteiger partial charge in [0, 0.05) is 5.56 Å². The molecule has 0 unspecified atom stereocenters. The van der Waals surface area contributed by atoms with Gasteiger partial charge in [0.15, 0.2) is 5.60 Å². The van der Waals surface area contributed by atoms with E-state index in [9.17, 15) is 9.59 Å². The summed E-state index contributed by atoms with van der Waals surface area (Å²) in [5.41, 5.74) is 3.84. The van der Waals surface area contributed by atoms with Crippen molar-refractivity contribution in [2.24, 2.45) is 0 Å². The van der Waals surface area contributed by atoms with Gasteiger partial charge in [0.1, 0.15) is 11.5 Å². The summed E-state index contributed by atoms with van der Waals surface area (Å²) < 4.78 is 11.3. The Morgan fingerprint density at radius 2 is 1.82 bits per heavy atom. The Labute approximate surface area is 194 Å². The number of benzene rings is 3. The molecule has 0 aromatic heterocycles. The average Bonchev–Trinajstić information content (AvgIpc) is 2.79. The van der Waals surface area contributed by atoms with Gasteiger partial charge in [-0.1, -0.05) is 35.9 Å². The molecule has 0 spiro atoms. The van der Waals surface area contributed by atoms with E-state index in [1.165, 1.54) is 0 Å². The number of para-hydroxylation sites is 2. The average molecular weight is 445 g/mol. The lowest BCUT2D eigenvalue weighted by atomic mass is 9.99. The number of amides is 2. The number of nitrogens with one attached hydrogen (secondary N) is 1. The Morgan fingerprint density at radius 1 is 1.06 bits per heavy atom. The van der Waals surface area contributed by atoms with Crippen LogP contribution < -0.4 is 19.7 Å². The first-order chi connectivity index (χ1) is 15.7. The van der Waals surface area contributed by atoms with E-state index in [1.807, 2.05) is 26.0 Å². The molecule has 0 atom stereocenters. The Morgan fingerprint density at radius 3 is 2.58 bits per heavy atom. The van der Waals surface area contributed by atoms with E-state index >= 15 is 0 Å². The summed E-state index contributed by atoms with van der Waals surface area (Å²) in [7, 11) is 1.56. The number of aryl methyl sites for hydroxylation is 2. The van der Waals surface area contributed by atoms with Crippen molar-refractivity contribution < 1.29 is 19.1 Å². The zero-order valence-corrected chi connectivity index (χ0v) is 19.6. The predicted octanol–water partition coefficient (Wildman–Crippen LogP) is 5.27. The van der Waals surface area contributed by atoms with Gasteiger partial charge < -0.3 is 19.7 Å². The van der Waals surface area contributed by atoms with Crippen LogP contribution in [0, 0.1) is 13.8 Å². The number of carbonyl (C=O) groups is 2. The molecule has 2 amide bonds. The maximum absolute atomic E-state index is 13.3. The van der Waals surface area contributed by atoms with E-state index in [0.29, 0.717) is 35.0 Å². The standard InChI is InChI=1S/C27H28N2O4/c1-17-10-11-18(2)20(14-17)16-29-22-15-19(12-13-24(22)33-27(3,4)26(29)31)25(30)28-21-8-6-7-9-23(21)32-5/h6-15H,16H2,1-5H3,(H,28,30). The van der Waals surface area contributed by atoms with Crippen LogP contribution in [-0.4, -0.2) is 24.5 Å². The van der Waals surface area contributed by atoms with E-state index in [0.717, 1.165) is 16.7 Å². The number of methoxy groups -OCH3 is 1. The fourth-order valence-corrected chi connectivity index (χ4v) is 3.95. The zero-order chi connectivity index (χ0) is 23.8. The molecule has 4 rings (SSSR count). The summed E-state index contributed by atoms with van der Waals surface area (Å²) in [6.45, 7) is 7.97. The van der Waals surface area contributed by atoms with Crippen molar-refractivity contribution in [3.05, 3.63) is 82.9 Å². The van der Waals surface area contributed by atoms with Crippen LogP contribution in [0.3, 0.4) is 0 Å². The topological polar surface area (TPSA) is 67.9 Å². The minimum Gasteiger partial charge on any atom is -0.495 e. The molecule has 1 aliphatic rings. The molecule has 0 saturated heterocycles. The monoisotopic (exact) mass is 444 g/mol. The van der Waals surface area contributed by atoms with Crippen LogP contribution in [0.25, 0.3) is 0 Å². The first-order valence-electron chi connectivity index (χ1n) is 10.8. The third kappa shape index (κ3) is 4.42. The van der Waals surface area contributed by atoms with Crippen molar-refractivity contribution in [2.45, 2.75) is 39.8 Å². The Hall–Kier alpha value is -3.80. The maximum atomic E-state index is 13.3. The summed E-state index contributed by atoms with van der Waals surface area (Å²) in [6.07, 6.45) is 0. The number of ether oxygens (including phenoxy) is 2. The minimum atomic E-state index is -1.01. The fraction of sp³-hybridized carbons (Fsp3) is 0.259. The van der Waals surface area contributed by atoms with Gasteiger partial charge in [0.2, 0.25) is 0 Å². The van der Waals surface area contributed by atoms with Crippen LogP contribution in [0.5, 0.6) is 11.5 Å². The van der Waals surface area contributed by atoms with E-state index in [2.05, 4.69) is 23.5 Å². The zero-order valence-electron chi connectivity index (χ0n) is 19.6. The van der Waals surface area contributed by atoms with Crippen molar-refractivity contribution in [3.8, 4) is 11.5 Å². The highest BCUT2D eigenvalue weighted by Crippen LogP contribution is 2.39. The molecular weight excluding hydrogens is 416 g/mol. The van der Waals surface area contributed by atoms with E-state index in [1.54, 1.807) is 56.2 Å². The Bertz CT molecular complexity index is 1230. The summed E-state index contributed by atoms with van der Waals surface area (Å²) in [5.74, 6) is 0.684. The second-order valence-electron chi connectivity index (χ2n) is 8.77. The van der Waals surface area contributed by atoms with Gasteiger partial charge in [-0.05, 0) is 69.2 Å². The SMILES string of the molecule is COc1ccccc1NC(=O)c1ccc2c(c1)N(Cc1cc(C)ccc1C)C(=O)C(C)(C)O2. The molecule has 170 valence electrons. The van der Waals surface area contributed by atoms with Crippen molar-refractivity contribution in [2.75, 3.05) is 17.3 Å². The van der Waals surface area contributed by atoms with E-state index in [4.69, 9.17) is 9.47 Å². The number of hydrogen-bond donors (Lipinski definition) is 1. The Kier molecular flexibility index (Phi) is 5.85. The second-order valence-corrected chi connectivity index (χ2v) is 8.77. The highest BCUT2D eigenvalue weighted by Gasteiger charge is 2.41.